The van der Waals surface area contributed by atoms with Gasteiger partial charge >= 0.3 is 0 Å². The highest BCUT2D eigenvalue weighted by Crippen LogP contribution is 2.38. The summed E-state index contributed by atoms with van der Waals surface area (Å²) in [5, 5.41) is 0. The molecule has 1 heterocycles. The predicted molar refractivity (Wildman–Crippen MR) is 73.9 cm³/mol. The van der Waals surface area contributed by atoms with Crippen LogP contribution in [0.4, 0.5) is 0 Å². The summed E-state index contributed by atoms with van der Waals surface area (Å²) >= 11 is 0. The molecule has 2 nitrogen and oxygen atoms in total. The average molecular weight is 240 g/mol. The van der Waals surface area contributed by atoms with Gasteiger partial charge in [-0.2, -0.15) is 0 Å². The van der Waals surface area contributed by atoms with Crippen molar-refractivity contribution in [2.45, 2.75) is 31.8 Å². The molecule has 2 aliphatic rings. The smallest absolute Gasteiger partial charge is 0.0555 e. The highest BCUT2D eigenvalue weighted by molar-refractivity contribution is 5.41. The van der Waals surface area contributed by atoms with Gasteiger partial charge < -0.3 is 5.73 Å². The van der Waals surface area contributed by atoms with Gasteiger partial charge in [0.1, 0.15) is 0 Å². The van der Waals surface area contributed by atoms with Crippen molar-refractivity contribution < 1.29 is 0 Å². The molecular formula is C16H20N2. The number of nitrogens with two attached hydrogens (primary N) is 1. The Hall–Kier alpha value is -1.30. The van der Waals surface area contributed by atoms with Crippen LogP contribution in [0.25, 0.3) is 0 Å². The summed E-state index contributed by atoms with van der Waals surface area (Å²) in [5.41, 5.74) is 7.95. The summed E-state index contributed by atoms with van der Waals surface area (Å²) in [4.78, 5) is 2.64. The molecule has 1 saturated heterocycles. The first kappa shape index (κ1) is 11.8. The molecule has 1 aromatic carbocycles. The van der Waals surface area contributed by atoms with E-state index in [9.17, 15) is 0 Å². The lowest BCUT2D eigenvalue weighted by molar-refractivity contribution is 0.205. The second-order valence-corrected chi connectivity index (χ2v) is 5.43. The summed E-state index contributed by atoms with van der Waals surface area (Å²) in [6, 6.07) is 9.29. The van der Waals surface area contributed by atoms with Gasteiger partial charge in [0, 0.05) is 24.7 Å². The molecule has 1 aromatic rings. The fourth-order valence-corrected chi connectivity index (χ4v) is 3.37. The number of piperidine rings is 1. The summed E-state index contributed by atoms with van der Waals surface area (Å²) < 4.78 is 0. The number of fused-ring (bicyclic) bond motifs is 2. The van der Waals surface area contributed by atoms with Gasteiger partial charge in [0.2, 0.25) is 0 Å². The van der Waals surface area contributed by atoms with E-state index in [2.05, 4.69) is 41.0 Å². The maximum atomic E-state index is 5.46. The molecule has 1 aliphatic heterocycles. The fourth-order valence-electron chi connectivity index (χ4n) is 3.37. The van der Waals surface area contributed by atoms with Crippen LogP contribution in [0.1, 0.15) is 30.4 Å². The lowest BCUT2D eigenvalue weighted by Crippen LogP contribution is -2.31. The van der Waals surface area contributed by atoms with Gasteiger partial charge in [-0.1, -0.05) is 30.0 Å². The zero-order chi connectivity index (χ0) is 12.4. The molecule has 2 unspecified atom stereocenters. The minimum atomic E-state index is 0.433. The molecule has 0 radical (unpaired) electrons. The highest BCUT2D eigenvalue weighted by atomic mass is 15.2. The zero-order valence-corrected chi connectivity index (χ0v) is 10.7. The molecule has 18 heavy (non-hydrogen) atoms. The summed E-state index contributed by atoms with van der Waals surface area (Å²) in [7, 11) is 0. The molecule has 0 amide bonds. The Bertz CT molecular complexity index is 483. The number of hydrogen-bond donors (Lipinski definition) is 1. The third-order valence-electron chi connectivity index (χ3n) is 4.24. The van der Waals surface area contributed by atoms with Crippen molar-refractivity contribution in [2.75, 3.05) is 13.1 Å². The Morgan fingerprint density at radius 3 is 2.89 bits per heavy atom. The predicted octanol–water partition coefficient (Wildman–Crippen LogP) is 1.98. The molecule has 1 aliphatic carbocycles. The minimum Gasteiger partial charge on any atom is -0.320 e. The van der Waals surface area contributed by atoms with Gasteiger partial charge in [-0.3, -0.25) is 4.90 Å². The van der Waals surface area contributed by atoms with Gasteiger partial charge in [0.25, 0.3) is 0 Å². The highest BCUT2D eigenvalue weighted by Gasteiger charge is 2.37. The maximum Gasteiger partial charge on any atom is 0.0555 e. The van der Waals surface area contributed by atoms with E-state index in [-0.39, 0.29) is 0 Å². The monoisotopic (exact) mass is 240 g/mol. The molecule has 0 aromatic heterocycles. The Labute approximate surface area is 109 Å². The number of nitrogens with zero attached hydrogens (tertiary/aromatic N) is 1. The van der Waals surface area contributed by atoms with Crippen LogP contribution in [0, 0.1) is 17.8 Å². The SMILES string of the molecule is NCC#Cc1ccccc1CN1CC2CCC1C2. The largest absolute Gasteiger partial charge is 0.320 e. The Kier molecular flexibility index (Phi) is 3.36. The molecule has 1 saturated carbocycles. The molecule has 2 heteroatoms. The fraction of sp³-hybridized carbons (Fsp3) is 0.500. The van der Waals surface area contributed by atoms with E-state index in [0.717, 1.165) is 24.1 Å². The lowest BCUT2D eigenvalue weighted by Gasteiger charge is -2.27. The van der Waals surface area contributed by atoms with Gasteiger partial charge in [-0.15, -0.1) is 0 Å². The quantitative estimate of drug-likeness (QED) is 0.801. The van der Waals surface area contributed by atoms with Crippen molar-refractivity contribution in [3.8, 4) is 11.8 Å². The molecule has 2 N–H and O–H groups in total. The summed E-state index contributed by atoms with van der Waals surface area (Å²) in [6.07, 6.45) is 4.24. The molecule has 94 valence electrons. The van der Waals surface area contributed by atoms with Crippen LogP contribution < -0.4 is 5.73 Å². The standard InChI is InChI=1S/C16H20N2/c17-9-3-6-14-4-1-2-5-15(14)12-18-11-13-7-8-16(18)10-13/h1-2,4-5,13,16H,7-12,17H2. The van der Waals surface area contributed by atoms with Crippen LogP contribution in [0.2, 0.25) is 0 Å². The number of rotatable bonds is 2. The third kappa shape index (κ3) is 2.29. The van der Waals surface area contributed by atoms with E-state index in [0.29, 0.717) is 6.54 Å². The van der Waals surface area contributed by atoms with Crippen molar-refractivity contribution in [3.63, 3.8) is 0 Å². The average Bonchev–Trinajstić information content (AvgIpc) is 3.00. The molecule has 0 spiro atoms. The number of benzene rings is 1. The van der Waals surface area contributed by atoms with Crippen LogP contribution in [0.3, 0.4) is 0 Å². The molecule has 2 fully saturated rings. The van der Waals surface area contributed by atoms with Gasteiger partial charge in [0.05, 0.1) is 6.54 Å². The van der Waals surface area contributed by atoms with Crippen molar-refractivity contribution >= 4 is 0 Å². The van der Waals surface area contributed by atoms with Crippen LogP contribution in [-0.4, -0.2) is 24.0 Å². The molecular weight excluding hydrogens is 220 g/mol. The van der Waals surface area contributed by atoms with Gasteiger partial charge in [-0.05, 0) is 36.8 Å². The van der Waals surface area contributed by atoms with Crippen LogP contribution in [-0.2, 0) is 6.54 Å². The van der Waals surface area contributed by atoms with Crippen molar-refractivity contribution in [2.24, 2.45) is 11.7 Å². The summed E-state index contributed by atoms with van der Waals surface area (Å²) in [6.45, 7) is 2.77. The van der Waals surface area contributed by atoms with Crippen LogP contribution in [0.15, 0.2) is 24.3 Å². The third-order valence-corrected chi connectivity index (χ3v) is 4.24. The maximum absolute atomic E-state index is 5.46. The molecule has 2 atom stereocenters. The minimum absolute atomic E-state index is 0.433. The second kappa shape index (κ2) is 5.14. The molecule has 3 rings (SSSR count). The van der Waals surface area contributed by atoms with Crippen LogP contribution in [0.5, 0.6) is 0 Å². The first-order chi connectivity index (χ1) is 8.86. The van der Waals surface area contributed by atoms with Crippen molar-refractivity contribution in [1.82, 2.24) is 4.90 Å². The first-order valence-corrected chi connectivity index (χ1v) is 6.87. The Morgan fingerprint density at radius 2 is 2.17 bits per heavy atom. The van der Waals surface area contributed by atoms with E-state index in [4.69, 9.17) is 5.73 Å². The van der Waals surface area contributed by atoms with E-state index < -0.39 is 0 Å². The van der Waals surface area contributed by atoms with E-state index >= 15 is 0 Å². The zero-order valence-electron chi connectivity index (χ0n) is 10.7. The van der Waals surface area contributed by atoms with Crippen molar-refractivity contribution in [1.29, 1.82) is 0 Å². The first-order valence-electron chi connectivity index (χ1n) is 6.87. The van der Waals surface area contributed by atoms with Gasteiger partial charge in [0.15, 0.2) is 0 Å². The Morgan fingerprint density at radius 1 is 1.28 bits per heavy atom. The van der Waals surface area contributed by atoms with Crippen molar-refractivity contribution in [3.05, 3.63) is 35.4 Å². The lowest BCUT2D eigenvalue weighted by atomic mass is 10.1. The normalized spacial score (nSPS) is 26.1. The van der Waals surface area contributed by atoms with E-state index in [1.807, 2.05) is 0 Å². The topological polar surface area (TPSA) is 29.3 Å². The van der Waals surface area contributed by atoms with E-state index in [1.54, 1.807) is 0 Å². The van der Waals surface area contributed by atoms with Gasteiger partial charge in [-0.25, -0.2) is 0 Å². The summed E-state index contributed by atoms with van der Waals surface area (Å²) in [5.74, 6) is 7.11. The Balaban J connectivity index is 1.76. The van der Waals surface area contributed by atoms with Crippen LogP contribution >= 0.6 is 0 Å². The number of hydrogen-bond acceptors (Lipinski definition) is 2. The number of likely N-dealkylation sites (tertiary alicyclic amines) is 1. The second-order valence-electron chi connectivity index (χ2n) is 5.43. The van der Waals surface area contributed by atoms with E-state index in [1.165, 1.54) is 31.4 Å². The molecule has 2 bridgehead atoms.